The number of benzene rings is 2. The fourth-order valence-electron chi connectivity index (χ4n) is 2.02. The lowest BCUT2D eigenvalue weighted by Crippen LogP contribution is -2.15. The van der Waals surface area contributed by atoms with Gasteiger partial charge >= 0.3 is 0 Å². The molecule has 2 rings (SSSR count). The Morgan fingerprint density at radius 1 is 1.38 bits per heavy atom. The van der Waals surface area contributed by atoms with Crippen molar-refractivity contribution in [3.05, 3.63) is 63.5 Å². The molecule has 0 saturated carbocycles. The van der Waals surface area contributed by atoms with E-state index in [1.807, 2.05) is 6.07 Å². The summed E-state index contributed by atoms with van der Waals surface area (Å²) >= 11 is 0. The first-order valence-electron chi connectivity index (χ1n) is 6.88. The van der Waals surface area contributed by atoms with Crippen LogP contribution in [0.3, 0.4) is 0 Å². The summed E-state index contributed by atoms with van der Waals surface area (Å²) in [5.74, 6) is -1.36. The summed E-state index contributed by atoms with van der Waals surface area (Å²) in [5.41, 5.74) is -0.518. The molecule has 0 fully saturated rings. The Balaban J connectivity index is 2.42. The molecule has 0 saturated heterocycles. The molecule has 1 amide bonds. The van der Waals surface area contributed by atoms with Gasteiger partial charge < -0.3 is 10.1 Å². The van der Waals surface area contributed by atoms with E-state index in [4.69, 9.17) is 10.00 Å². The minimum absolute atomic E-state index is 0.166. The van der Waals surface area contributed by atoms with Crippen molar-refractivity contribution in [3.63, 3.8) is 0 Å². The van der Waals surface area contributed by atoms with Gasteiger partial charge in [-0.15, -0.1) is 0 Å². The van der Waals surface area contributed by atoms with Crippen LogP contribution < -0.4 is 10.1 Å². The van der Waals surface area contributed by atoms with Crippen molar-refractivity contribution < 1.29 is 18.8 Å². The number of anilines is 1. The number of halogens is 1. The minimum Gasteiger partial charge on any atom is -0.492 e. The molecule has 2 aromatic carbocycles. The molecule has 0 unspecified atom stereocenters. The van der Waals surface area contributed by atoms with Crippen molar-refractivity contribution in [2.75, 3.05) is 11.9 Å². The van der Waals surface area contributed by atoms with Crippen LogP contribution in [0.1, 0.15) is 22.8 Å². The van der Waals surface area contributed by atoms with Gasteiger partial charge in [-0.05, 0) is 37.3 Å². The molecule has 0 aliphatic rings. The molecule has 0 atom stereocenters. The van der Waals surface area contributed by atoms with Crippen molar-refractivity contribution in [3.8, 4) is 11.8 Å². The van der Waals surface area contributed by atoms with Gasteiger partial charge in [-0.25, -0.2) is 4.39 Å². The van der Waals surface area contributed by atoms with Crippen LogP contribution >= 0.6 is 0 Å². The molecule has 0 aliphatic heterocycles. The fourth-order valence-corrected chi connectivity index (χ4v) is 2.02. The van der Waals surface area contributed by atoms with E-state index in [0.717, 1.165) is 18.2 Å². The predicted octanol–water partition coefficient (Wildman–Crippen LogP) is 3.26. The molecule has 0 aromatic heterocycles. The third-order valence-electron chi connectivity index (χ3n) is 3.06. The van der Waals surface area contributed by atoms with Crippen molar-refractivity contribution in [2.45, 2.75) is 6.92 Å². The van der Waals surface area contributed by atoms with Crippen molar-refractivity contribution in [1.29, 1.82) is 5.26 Å². The average Bonchev–Trinajstić information content (AvgIpc) is 2.56. The van der Waals surface area contributed by atoms with Gasteiger partial charge in [-0.2, -0.15) is 5.26 Å². The van der Waals surface area contributed by atoms with Crippen LogP contribution in [0.15, 0.2) is 36.4 Å². The highest BCUT2D eigenvalue weighted by atomic mass is 19.1. The van der Waals surface area contributed by atoms with E-state index < -0.39 is 27.9 Å². The molecule has 24 heavy (non-hydrogen) atoms. The number of nitro benzene ring substituents is 1. The van der Waals surface area contributed by atoms with Gasteiger partial charge in [-0.3, -0.25) is 14.9 Å². The SMILES string of the molecule is CCOc1ccc(C#N)cc1NC(=O)c1cc(F)ccc1[N+](=O)[O-]. The molecule has 1 N–H and O–H groups in total. The summed E-state index contributed by atoms with van der Waals surface area (Å²) in [6, 6.07) is 8.88. The van der Waals surface area contributed by atoms with Crippen LogP contribution in [0.25, 0.3) is 0 Å². The van der Waals surface area contributed by atoms with Gasteiger partial charge in [0.05, 0.1) is 28.9 Å². The first kappa shape index (κ1) is 16.9. The number of ether oxygens (including phenoxy) is 1. The Bertz CT molecular complexity index is 846. The van der Waals surface area contributed by atoms with Gasteiger partial charge in [0.1, 0.15) is 17.1 Å². The Labute approximate surface area is 136 Å². The van der Waals surface area contributed by atoms with E-state index >= 15 is 0 Å². The first-order chi connectivity index (χ1) is 11.5. The van der Waals surface area contributed by atoms with Crippen molar-refractivity contribution >= 4 is 17.3 Å². The standard InChI is InChI=1S/C16H12FN3O4/c1-2-24-15-6-3-10(9-18)7-13(15)19-16(21)12-8-11(17)4-5-14(12)20(22)23/h3-8H,2H2,1H3,(H,19,21). The highest BCUT2D eigenvalue weighted by Crippen LogP contribution is 2.28. The monoisotopic (exact) mass is 329 g/mol. The third kappa shape index (κ3) is 3.64. The highest BCUT2D eigenvalue weighted by molar-refractivity contribution is 6.07. The molecule has 0 aliphatic carbocycles. The van der Waals surface area contributed by atoms with E-state index in [0.29, 0.717) is 12.4 Å². The van der Waals surface area contributed by atoms with E-state index in [1.165, 1.54) is 18.2 Å². The van der Waals surface area contributed by atoms with Crippen LogP contribution in [0.5, 0.6) is 5.75 Å². The maximum atomic E-state index is 13.4. The second-order valence-electron chi connectivity index (χ2n) is 4.63. The Hall–Kier alpha value is -3.47. The first-order valence-corrected chi connectivity index (χ1v) is 6.88. The Morgan fingerprint density at radius 3 is 2.75 bits per heavy atom. The second-order valence-corrected chi connectivity index (χ2v) is 4.63. The number of nitrogens with one attached hydrogen (secondary N) is 1. The predicted molar refractivity (Wildman–Crippen MR) is 83.3 cm³/mol. The molecule has 0 bridgehead atoms. The summed E-state index contributed by atoms with van der Waals surface area (Å²) in [6.45, 7) is 2.05. The maximum absolute atomic E-state index is 13.4. The van der Waals surface area contributed by atoms with Crippen LogP contribution in [-0.2, 0) is 0 Å². The molecule has 0 heterocycles. The lowest BCUT2D eigenvalue weighted by atomic mass is 10.1. The number of carbonyl (C=O) groups excluding carboxylic acids is 1. The summed E-state index contributed by atoms with van der Waals surface area (Å²) in [5, 5.41) is 22.4. The number of carbonyl (C=O) groups is 1. The third-order valence-corrected chi connectivity index (χ3v) is 3.06. The number of hydrogen-bond acceptors (Lipinski definition) is 5. The molecule has 8 heteroatoms. The quantitative estimate of drug-likeness (QED) is 0.669. The Kier molecular flexibility index (Phi) is 5.06. The highest BCUT2D eigenvalue weighted by Gasteiger charge is 2.22. The zero-order valence-corrected chi connectivity index (χ0v) is 12.6. The summed E-state index contributed by atoms with van der Waals surface area (Å²) in [4.78, 5) is 22.5. The molecule has 0 spiro atoms. The fraction of sp³-hybridized carbons (Fsp3) is 0.125. The zero-order valence-electron chi connectivity index (χ0n) is 12.6. The van der Waals surface area contributed by atoms with E-state index in [2.05, 4.69) is 5.32 Å². The van der Waals surface area contributed by atoms with Gasteiger partial charge in [0, 0.05) is 6.07 Å². The number of hydrogen-bond donors (Lipinski definition) is 1. The van der Waals surface area contributed by atoms with Crippen molar-refractivity contribution in [1.82, 2.24) is 0 Å². The number of nitro groups is 1. The maximum Gasteiger partial charge on any atom is 0.282 e. The van der Waals surface area contributed by atoms with E-state index in [-0.39, 0.29) is 11.3 Å². The van der Waals surface area contributed by atoms with Gasteiger partial charge in [0.2, 0.25) is 0 Å². The van der Waals surface area contributed by atoms with Crippen LogP contribution in [0.2, 0.25) is 0 Å². The van der Waals surface area contributed by atoms with Crippen LogP contribution in [-0.4, -0.2) is 17.4 Å². The second kappa shape index (κ2) is 7.19. The lowest BCUT2D eigenvalue weighted by molar-refractivity contribution is -0.385. The van der Waals surface area contributed by atoms with Gasteiger partial charge in [0.15, 0.2) is 0 Å². The van der Waals surface area contributed by atoms with Crippen LogP contribution in [0.4, 0.5) is 15.8 Å². The van der Waals surface area contributed by atoms with E-state index in [1.54, 1.807) is 6.92 Å². The smallest absolute Gasteiger partial charge is 0.282 e. The minimum atomic E-state index is -0.878. The van der Waals surface area contributed by atoms with E-state index in [9.17, 15) is 19.3 Å². The summed E-state index contributed by atoms with van der Waals surface area (Å²) in [7, 11) is 0. The summed E-state index contributed by atoms with van der Waals surface area (Å²) in [6.07, 6.45) is 0. The van der Waals surface area contributed by atoms with Gasteiger partial charge in [-0.1, -0.05) is 0 Å². The largest absolute Gasteiger partial charge is 0.492 e. The summed E-state index contributed by atoms with van der Waals surface area (Å²) < 4.78 is 18.7. The molecule has 7 nitrogen and oxygen atoms in total. The normalized spacial score (nSPS) is 9.88. The number of amides is 1. The Morgan fingerprint density at radius 2 is 2.12 bits per heavy atom. The van der Waals surface area contributed by atoms with Gasteiger partial charge in [0.25, 0.3) is 11.6 Å². The topological polar surface area (TPSA) is 105 Å². The average molecular weight is 329 g/mol. The number of rotatable bonds is 5. The number of nitriles is 1. The number of nitrogens with zero attached hydrogens (tertiary/aromatic N) is 2. The van der Waals surface area contributed by atoms with Crippen molar-refractivity contribution in [2.24, 2.45) is 0 Å². The molecule has 0 radical (unpaired) electrons. The van der Waals surface area contributed by atoms with Crippen LogP contribution in [0, 0.1) is 27.3 Å². The molecule has 2 aromatic rings. The molecule has 122 valence electrons. The molecular formula is C16H12FN3O4. The lowest BCUT2D eigenvalue weighted by Gasteiger charge is -2.12. The zero-order chi connectivity index (χ0) is 17.7. The molecular weight excluding hydrogens is 317 g/mol.